The Hall–Kier alpha value is -0.610. The van der Waals surface area contributed by atoms with Gasteiger partial charge in [0.25, 0.3) is 0 Å². The fourth-order valence-electron chi connectivity index (χ4n) is 1.21. The number of nitrogens with two attached hydrogens (primary N) is 1. The van der Waals surface area contributed by atoms with Crippen molar-refractivity contribution >= 4 is 15.9 Å². The monoisotopic (exact) mass is 261 g/mol. The topological polar surface area (TPSA) is 46.2 Å². The van der Waals surface area contributed by atoms with Gasteiger partial charge in [-0.2, -0.15) is 0 Å². The Morgan fingerprint density at radius 3 is 2.50 bits per heavy atom. The predicted octanol–water partition coefficient (Wildman–Crippen LogP) is 2.95. The molecule has 0 saturated heterocycles. The molecule has 0 fully saturated rings. The summed E-state index contributed by atoms with van der Waals surface area (Å²) in [4.78, 5) is 0. The molecule has 1 atom stereocenters. The molecule has 0 aliphatic heterocycles. The van der Waals surface area contributed by atoms with Crippen LogP contribution in [0.3, 0.4) is 0 Å². The van der Waals surface area contributed by atoms with Gasteiger partial charge in [-0.15, -0.1) is 0 Å². The average Bonchev–Trinajstić information content (AvgIpc) is 2.12. The summed E-state index contributed by atoms with van der Waals surface area (Å²) in [6.45, 7) is 3.84. The molecule has 0 aliphatic rings. The van der Waals surface area contributed by atoms with Crippen molar-refractivity contribution < 1.29 is 9.50 Å². The molecule has 0 aliphatic carbocycles. The van der Waals surface area contributed by atoms with Crippen LogP contribution in [0.15, 0.2) is 16.6 Å². The van der Waals surface area contributed by atoms with Crippen molar-refractivity contribution in [2.45, 2.75) is 19.9 Å². The van der Waals surface area contributed by atoms with Gasteiger partial charge < -0.3 is 10.8 Å². The highest BCUT2D eigenvalue weighted by Crippen LogP contribution is 2.35. The molecule has 1 aromatic carbocycles. The molecule has 0 spiro atoms. The second kappa shape index (κ2) is 4.28. The van der Waals surface area contributed by atoms with Gasteiger partial charge in [-0.3, -0.25) is 0 Å². The van der Waals surface area contributed by atoms with E-state index < -0.39 is 5.82 Å². The third kappa shape index (κ3) is 2.07. The lowest BCUT2D eigenvalue weighted by atomic mass is 9.96. The van der Waals surface area contributed by atoms with E-state index >= 15 is 0 Å². The van der Waals surface area contributed by atoms with Crippen LogP contribution in [0, 0.1) is 11.7 Å². The molecule has 0 radical (unpaired) electrons. The molecular formula is C10H13BrFNO. The van der Waals surface area contributed by atoms with Gasteiger partial charge in [0.05, 0.1) is 0 Å². The molecule has 1 aromatic rings. The first kappa shape index (κ1) is 11.5. The molecule has 0 heterocycles. The van der Waals surface area contributed by atoms with Crippen LogP contribution in [-0.4, -0.2) is 5.11 Å². The molecule has 4 heteroatoms. The zero-order valence-electron chi connectivity index (χ0n) is 8.09. The highest BCUT2D eigenvalue weighted by Gasteiger charge is 2.20. The molecule has 0 unspecified atom stereocenters. The first-order valence-corrected chi connectivity index (χ1v) is 5.17. The Balaban J connectivity index is 3.25. The lowest BCUT2D eigenvalue weighted by Gasteiger charge is -2.19. The van der Waals surface area contributed by atoms with Gasteiger partial charge >= 0.3 is 0 Å². The Morgan fingerprint density at radius 2 is 2.00 bits per heavy atom. The van der Waals surface area contributed by atoms with Crippen LogP contribution in [0.2, 0.25) is 0 Å². The number of hydrogen-bond acceptors (Lipinski definition) is 2. The lowest BCUT2D eigenvalue weighted by molar-refractivity contribution is 0.406. The van der Waals surface area contributed by atoms with E-state index in [-0.39, 0.29) is 17.7 Å². The average molecular weight is 262 g/mol. The standard InChI is InChI=1S/C10H13BrFNO/c1-5(2)9(13)8-6(11)3-4-7(12)10(8)14/h3-5,9,14H,13H2,1-2H3/t9-/m1/s1. The van der Waals surface area contributed by atoms with Crippen LogP contribution in [0.25, 0.3) is 0 Å². The SMILES string of the molecule is CC(C)[C@@H](N)c1c(Br)ccc(F)c1O. The number of phenolic OH excluding ortho intramolecular Hbond substituents is 1. The molecule has 1 rings (SSSR count). The van der Waals surface area contributed by atoms with Crippen LogP contribution >= 0.6 is 15.9 Å². The van der Waals surface area contributed by atoms with Gasteiger partial charge in [0.2, 0.25) is 0 Å². The minimum Gasteiger partial charge on any atom is -0.505 e. The summed E-state index contributed by atoms with van der Waals surface area (Å²) < 4.78 is 13.7. The van der Waals surface area contributed by atoms with Crippen molar-refractivity contribution in [3.05, 3.63) is 28.0 Å². The van der Waals surface area contributed by atoms with Crippen molar-refractivity contribution in [2.75, 3.05) is 0 Å². The van der Waals surface area contributed by atoms with Gasteiger partial charge in [-0.1, -0.05) is 29.8 Å². The predicted molar refractivity (Wildman–Crippen MR) is 57.5 cm³/mol. The van der Waals surface area contributed by atoms with Crippen LogP contribution < -0.4 is 5.73 Å². The van der Waals surface area contributed by atoms with E-state index in [4.69, 9.17) is 5.73 Å². The smallest absolute Gasteiger partial charge is 0.165 e. The summed E-state index contributed by atoms with van der Waals surface area (Å²) in [6, 6.07) is 2.38. The van der Waals surface area contributed by atoms with Crippen LogP contribution in [0.1, 0.15) is 25.5 Å². The Morgan fingerprint density at radius 1 is 1.43 bits per heavy atom. The van der Waals surface area contributed by atoms with E-state index in [1.807, 2.05) is 13.8 Å². The molecule has 0 amide bonds. The van der Waals surface area contributed by atoms with Crippen molar-refractivity contribution in [1.29, 1.82) is 0 Å². The number of benzene rings is 1. The molecule has 78 valence electrons. The summed E-state index contributed by atoms with van der Waals surface area (Å²) in [6.07, 6.45) is 0. The maximum Gasteiger partial charge on any atom is 0.165 e. The quantitative estimate of drug-likeness (QED) is 0.860. The van der Waals surface area contributed by atoms with Crippen LogP contribution in [0.5, 0.6) is 5.75 Å². The van der Waals surface area contributed by atoms with Gasteiger partial charge in [0.1, 0.15) is 0 Å². The van der Waals surface area contributed by atoms with E-state index in [9.17, 15) is 9.50 Å². The Labute approximate surface area is 91.1 Å². The van der Waals surface area contributed by atoms with E-state index in [1.54, 1.807) is 6.07 Å². The van der Waals surface area contributed by atoms with E-state index in [2.05, 4.69) is 15.9 Å². The fraction of sp³-hybridized carbons (Fsp3) is 0.400. The molecule has 3 N–H and O–H groups in total. The van der Waals surface area contributed by atoms with E-state index in [0.717, 1.165) is 0 Å². The summed E-state index contributed by atoms with van der Waals surface area (Å²) in [5.41, 5.74) is 6.28. The third-order valence-electron chi connectivity index (χ3n) is 2.17. The second-order valence-corrected chi connectivity index (χ2v) is 4.42. The summed E-state index contributed by atoms with van der Waals surface area (Å²) in [5.74, 6) is -0.862. The number of rotatable bonds is 2. The summed E-state index contributed by atoms with van der Waals surface area (Å²) in [7, 11) is 0. The molecule has 0 bridgehead atoms. The molecule has 2 nitrogen and oxygen atoms in total. The number of hydrogen-bond donors (Lipinski definition) is 2. The van der Waals surface area contributed by atoms with Crippen molar-refractivity contribution in [2.24, 2.45) is 11.7 Å². The van der Waals surface area contributed by atoms with Gasteiger partial charge in [-0.25, -0.2) is 4.39 Å². The van der Waals surface area contributed by atoms with E-state index in [1.165, 1.54) is 6.07 Å². The number of phenols is 1. The molecule has 0 saturated carbocycles. The number of aromatic hydroxyl groups is 1. The van der Waals surface area contributed by atoms with Crippen LogP contribution in [0.4, 0.5) is 4.39 Å². The fourth-order valence-corrected chi connectivity index (χ4v) is 1.79. The molecular weight excluding hydrogens is 249 g/mol. The normalized spacial score (nSPS) is 13.3. The second-order valence-electron chi connectivity index (χ2n) is 3.56. The third-order valence-corrected chi connectivity index (χ3v) is 2.86. The first-order chi connectivity index (χ1) is 6.45. The summed E-state index contributed by atoms with van der Waals surface area (Å²) >= 11 is 3.24. The Kier molecular flexibility index (Phi) is 3.50. The number of halogens is 2. The van der Waals surface area contributed by atoms with Crippen LogP contribution in [-0.2, 0) is 0 Å². The highest BCUT2D eigenvalue weighted by atomic mass is 79.9. The minimum absolute atomic E-state index is 0.138. The van der Waals surface area contributed by atoms with Gasteiger partial charge in [0.15, 0.2) is 11.6 Å². The lowest BCUT2D eigenvalue weighted by Crippen LogP contribution is -2.17. The highest BCUT2D eigenvalue weighted by molar-refractivity contribution is 9.10. The maximum atomic E-state index is 13.1. The largest absolute Gasteiger partial charge is 0.505 e. The Bertz CT molecular complexity index is 341. The van der Waals surface area contributed by atoms with Crippen molar-refractivity contribution in [1.82, 2.24) is 0 Å². The minimum atomic E-state index is -0.640. The van der Waals surface area contributed by atoms with Gasteiger partial charge in [0, 0.05) is 16.1 Å². The maximum absolute atomic E-state index is 13.1. The van der Waals surface area contributed by atoms with Crippen molar-refractivity contribution in [3.63, 3.8) is 0 Å². The van der Waals surface area contributed by atoms with Crippen molar-refractivity contribution in [3.8, 4) is 5.75 Å². The zero-order valence-corrected chi connectivity index (χ0v) is 9.68. The molecule has 14 heavy (non-hydrogen) atoms. The van der Waals surface area contributed by atoms with E-state index in [0.29, 0.717) is 10.0 Å². The summed E-state index contributed by atoms with van der Waals surface area (Å²) in [5, 5.41) is 9.51. The molecule has 0 aromatic heterocycles. The first-order valence-electron chi connectivity index (χ1n) is 4.37. The zero-order chi connectivity index (χ0) is 10.9. The van der Waals surface area contributed by atoms with Gasteiger partial charge in [-0.05, 0) is 18.1 Å².